The number of ether oxygens (including phenoxy) is 2. The van der Waals surface area contributed by atoms with Gasteiger partial charge >= 0.3 is 0 Å². The van der Waals surface area contributed by atoms with E-state index in [0.717, 1.165) is 5.56 Å². The van der Waals surface area contributed by atoms with Crippen LogP contribution in [0.15, 0.2) is 41.5 Å². The highest BCUT2D eigenvalue weighted by Gasteiger charge is 2.43. The Bertz CT molecular complexity index is 590. The fraction of sp³-hybridized carbons (Fsp3) is 0.385. The Labute approximate surface area is 111 Å². The summed E-state index contributed by atoms with van der Waals surface area (Å²) in [6.07, 6.45) is 1.85. The lowest BCUT2D eigenvalue weighted by atomic mass is 10.1. The molecule has 0 aromatic heterocycles. The Morgan fingerprint density at radius 2 is 2.00 bits per heavy atom. The Hall–Kier alpha value is -1.37. The summed E-state index contributed by atoms with van der Waals surface area (Å²) in [4.78, 5) is 0.145. The standard InChI is InChI=1S/C13H14O5S/c1-9-2-4-10(5-3-9)19(14,15)18-13-11-6-7-16-12(13)8-17-11/h2-7,11-13H,8H2,1H3/t11-,12-,13+/m1/s1. The van der Waals surface area contributed by atoms with E-state index in [1.165, 1.54) is 18.4 Å². The minimum atomic E-state index is -3.80. The average Bonchev–Trinajstić information content (AvgIpc) is 2.62. The molecule has 0 spiro atoms. The van der Waals surface area contributed by atoms with Crippen LogP contribution < -0.4 is 0 Å². The molecule has 102 valence electrons. The zero-order valence-corrected chi connectivity index (χ0v) is 11.2. The molecule has 2 aliphatic heterocycles. The molecule has 0 saturated carbocycles. The molecular formula is C13H14O5S. The largest absolute Gasteiger partial charge is 0.493 e. The van der Waals surface area contributed by atoms with E-state index in [-0.39, 0.29) is 17.1 Å². The molecule has 5 nitrogen and oxygen atoms in total. The van der Waals surface area contributed by atoms with Gasteiger partial charge in [-0.15, -0.1) is 0 Å². The van der Waals surface area contributed by atoms with E-state index >= 15 is 0 Å². The van der Waals surface area contributed by atoms with Gasteiger partial charge in [0.05, 0.1) is 17.8 Å². The Balaban J connectivity index is 1.82. The van der Waals surface area contributed by atoms with Gasteiger partial charge < -0.3 is 9.47 Å². The first-order valence-electron chi connectivity index (χ1n) is 6.00. The molecule has 2 bridgehead atoms. The van der Waals surface area contributed by atoms with Gasteiger partial charge in [0, 0.05) is 0 Å². The molecule has 0 amide bonds. The molecule has 0 unspecified atom stereocenters. The average molecular weight is 282 g/mol. The first-order valence-corrected chi connectivity index (χ1v) is 7.41. The number of hydrogen-bond donors (Lipinski definition) is 0. The third-order valence-corrected chi connectivity index (χ3v) is 4.54. The fourth-order valence-electron chi connectivity index (χ4n) is 2.14. The van der Waals surface area contributed by atoms with Crippen LogP contribution in [0, 0.1) is 6.92 Å². The molecule has 3 atom stereocenters. The Morgan fingerprint density at radius 3 is 2.68 bits per heavy atom. The van der Waals surface area contributed by atoms with Gasteiger partial charge in [0.1, 0.15) is 12.2 Å². The zero-order valence-electron chi connectivity index (χ0n) is 10.4. The van der Waals surface area contributed by atoms with Crippen molar-refractivity contribution in [1.82, 2.24) is 0 Å². The summed E-state index contributed by atoms with van der Waals surface area (Å²) in [5, 5.41) is 0. The minimum absolute atomic E-state index is 0.145. The van der Waals surface area contributed by atoms with Crippen LogP contribution in [0.4, 0.5) is 0 Å². The van der Waals surface area contributed by atoms with Crippen LogP contribution in [0.5, 0.6) is 0 Å². The summed E-state index contributed by atoms with van der Waals surface area (Å²) in [6, 6.07) is 6.54. The molecule has 19 heavy (non-hydrogen) atoms. The third kappa shape index (κ3) is 2.39. The SMILES string of the molecule is Cc1ccc(S(=O)(=O)O[C@H]2[C@H]3C=CO[C@@H]2CO3)cc1. The van der Waals surface area contributed by atoms with Crippen molar-refractivity contribution in [2.45, 2.75) is 30.1 Å². The van der Waals surface area contributed by atoms with Gasteiger partial charge in [0.15, 0.2) is 6.10 Å². The van der Waals surface area contributed by atoms with E-state index in [1.807, 2.05) is 6.92 Å². The molecule has 6 heteroatoms. The minimum Gasteiger partial charge on any atom is -0.493 e. The van der Waals surface area contributed by atoms with E-state index in [4.69, 9.17) is 13.7 Å². The van der Waals surface area contributed by atoms with Crippen LogP contribution in [0.1, 0.15) is 5.56 Å². The molecular weight excluding hydrogens is 268 g/mol. The van der Waals surface area contributed by atoms with Gasteiger partial charge in [-0.1, -0.05) is 17.7 Å². The molecule has 1 saturated heterocycles. The van der Waals surface area contributed by atoms with Gasteiger partial charge in [0.2, 0.25) is 0 Å². The maximum absolute atomic E-state index is 12.2. The van der Waals surface area contributed by atoms with Crippen molar-refractivity contribution in [3.8, 4) is 0 Å². The van der Waals surface area contributed by atoms with Crippen molar-refractivity contribution >= 4 is 10.1 Å². The lowest BCUT2D eigenvalue weighted by Gasteiger charge is -2.23. The van der Waals surface area contributed by atoms with E-state index in [1.54, 1.807) is 18.2 Å². The molecule has 1 aromatic rings. The summed E-state index contributed by atoms with van der Waals surface area (Å²) < 4.78 is 40.3. The molecule has 0 aliphatic carbocycles. The molecule has 0 radical (unpaired) electrons. The van der Waals surface area contributed by atoms with Crippen LogP contribution >= 0.6 is 0 Å². The van der Waals surface area contributed by atoms with Crippen molar-refractivity contribution in [2.75, 3.05) is 6.61 Å². The lowest BCUT2D eigenvalue weighted by Crippen LogP contribution is -2.37. The molecule has 2 aliphatic rings. The molecule has 1 fully saturated rings. The monoisotopic (exact) mass is 282 g/mol. The summed E-state index contributed by atoms with van der Waals surface area (Å²) in [7, 11) is -3.80. The second-order valence-corrected chi connectivity index (χ2v) is 6.20. The van der Waals surface area contributed by atoms with Gasteiger partial charge in [-0.2, -0.15) is 8.42 Å². The van der Waals surface area contributed by atoms with Crippen LogP contribution in [-0.2, 0) is 23.8 Å². The van der Waals surface area contributed by atoms with E-state index in [9.17, 15) is 8.42 Å². The number of benzene rings is 1. The lowest BCUT2D eigenvalue weighted by molar-refractivity contribution is 0.0389. The normalized spacial score (nSPS) is 29.2. The van der Waals surface area contributed by atoms with Crippen molar-refractivity contribution in [3.05, 3.63) is 42.2 Å². The van der Waals surface area contributed by atoms with E-state index in [2.05, 4.69) is 0 Å². The van der Waals surface area contributed by atoms with Crippen LogP contribution in [0.25, 0.3) is 0 Å². The first-order chi connectivity index (χ1) is 9.06. The number of rotatable bonds is 3. The molecule has 2 heterocycles. The smallest absolute Gasteiger partial charge is 0.297 e. The highest BCUT2D eigenvalue weighted by Crippen LogP contribution is 2.29. The number of aryl methyl sites for hydroxylation is 1. The number of hydrogen-bond acceptors (Lipinski definition) is 5. The molecule has 3 rings (SSSR count). The maximum Gasteiger partial charge on any atom is 0.297 e. The quantitative estimate of drug-likeness (QED) is 0.784. The van der Waals surface area contributed by atoms with Crippen LogP contribution in [0.3, 0.4) is 0 Å². The molecule has 1 aromatic carbocycles. The zero-order chi connectivity index (χ0) is 13.5. The summed E-state index contributed by atoms with van der Waals surface area (Å²) in [6.45, 7) is 2.23. The van der Waals surface area contributed by atoms with Crippen molar-refractivity contribution in [2.24, 2.45) is 0 Å². The second-order valence-electron chi connectivity index (χ2n) is 4.63. The predicted octanol–water partition coefficient (Wildman–Crippen LogP) is 1.38. The highest BCUT2D eigenvalue weighted by atomic mass is 32.2. The van der Waals surface area contributed by atoms with Crippen LogP contribution in [0.2, 0.25) is 0 Å². The fourth-order valence-corrected chi connectivity index (χ4v) is 3.24. The highest BCUT2D eigenvalue weighted by molar-refractivity contribution is 7.86. The van der Waals surface area contributed by atoms with Gasteiger partial charge in [0.25, 0.3) is 10.1 Å². The van der Waals surface area contributed by atoms with Gasteiger partial charge in [-0.3, -0.25) is 4.18 Å². The number of fused-ring (bicyclic) bond motifs is 2. The summed E-state index contributed by atoms with van der Waals surface area (Å²) in [5.41, 5.74) is 0.992. The molecule has 0 N–H and O–H groups in total. The van der Waals surface area contributed by atoms with Crippen LogP contribution in [-0.4, -0.2) is 33.3 Å². The summed E-state index contributed by atoms with van der Waals surface area (Å²) in [5.74, 6) is 0. The third-order valence-electron chi connectivity index (χ3n) is 3.21. The first kappa shape index (κ1) is 12.7. The van der Waals surface area contributed by atoms with Crippen molar-refractivity contribution < 1.29 is 22.1 Å². The summed E-state index contributed by atoms with van der Waals surface area (Å²) >= 11 is 0. The van der Waals surface area contributed by atoms with Crippen molar-refractivity contribution in [3.63, 3.8) is 0 Å². The predicted molar refractivity (Wildman–Crippen MR) is 67.0 cm³/mol. The van der Waals surface area contributed by atoms with E-state index < -0.39 is 16.2 Å². The van der Waals surface area contributed by atoms with Gasteiger partial charge in [-0.25, -0.2) is 0 Å². The maximum atomic E-state index is 12.2. The van der Waals surface area contributed by atoms with Crippen molar-refractivity contribution in [1.29, 1.82) is 0 Å². The van der Waals surface area contributed by atoms with E-state index in [0.29, 0.717) is 6.61 Å². The Morgan fingerprint density at radius 1 is 1.26 bits per heavy atom. The second kappa shape index (κ2) is 4.63. The van der Waals surface area contributed by atoms with Gasteiger partial charge in [-0.05, 0) is 25.1 Å². The Kier molecular flexibility index (Phi) is 3.08. The topological polar surface area (TPSA) is 61.8 Å².